The van der Waals surface area contributed by atoms with E-state index >= 15 is 0 Å². The van der Waals surface area contributed by atoms with Gasteiger partial charge in [0, 0.05) is 31.2 Å². The Hall–Kier alpha value is -2.18. The molecule has 0 bridgehead atoms. The molecule has 0 saturated carbocycles. The summed E-state index contributed by atoms with van der Waals surface area (Å²) in [6.45, 7) is 5.58. The van der Waals surface area contributed by atoms with Crippen molar-refractivity contribution in [3.05, 3.63) is 42.9 Å². The molecule has 1 aliphatic heterocycles. The number of aromatic nitrogens is 3. The first-order valence-corrected chi connectivity index (χ1v) is 10.5. The molecule has 1 atom stereocenters. The second-order valence-electron chi connectivity index (χ2n) is 6.91. The van der Waals surface area contributed by atoms with E-state index in [1.54, 1.807) is 18.4 Å². The molecule has 6 heteroatoms. The fourth-order valence-electron chi connectivity index (χ4n) is 3.92. The number of hydrogen-bond acceptors (Lipinski definition) is 5. The Kier molecular flexibility index (Phi) is 5.55. The molecule has 3 heterocycles. The summed E-state index contributed by atoms with van der Waals surface area (Å²) in [5.74, 6) is 1.86. The lowest BCUT2D eigenvalue weighted by Gasteiger charge is -2.35. The van der Waals surface area contributed by atoms with Crippen molar-refractivity contribution in [1.29, 1.82) is 0 Å². The molecule has 2 aromatic heterocycles. The van der Waals surface area contributed by atoms with E-state index in [0.717, 1.165) is 40.1 Å². The minimum atomic E-state index is 0.596. The topological polar surface area (TPSA) is 43.2 Å². The molecule has 1 saturated heterocycles. The van der Waals surface area contributed by atoms with Crippen molar-refractivity contribution in [3.63, 3.8) is 0 Å². The van der Waals surface area contributed by atoms with E-state index in [1.807, 2.05) is 30.6 Å². The lowest BCUT2D eigenvalue weighted by Crippen LogP contribution is -2.41. The summed E-state index contributed by atoms with van der Waals surface area (Å²) < 4.78 is 7.78. The van der Waals surface area contributed by atoms with E-state index < -0.39 is 0 Å². The van der Waals surface area contributed by atoms with Gasteiger partial charge in [0.1, 0.15) is 10.8 Å². The van der Waals surface area contributed by atoms with E-state index in [9.17, 15) is 0 Å². The Labute approximate surface area is 164 Å². The molecule has 0 aliphatic carbocycles. The Morgan fingerprint density at radius 1 is 1.22 bits per heavy atom. The number of hydrogen-bond donors (Lipinski definition) is 0. The number of thiazole rings is 1. The highest BCUT2D eigenvalue weighted by atomic mass is 32.1. The van der Waals surface area contributed by atoms with Gasteiger partial charge < -0.3 is 9.30 Å². The van der Waals surface area contributed by atoms with Crippen LogP contribution in [0.3, 0.4) is 0 Å². The lowest BCUT2D eigenvalue weighted by atomic mass is 10.0. The zero-order valence-electron chi connectivity index (χ0n) is 16.0. The predicted octanol–water partition coefficient (Wildman–Crippen LogP) is 4.56. The normalized spacial score (nSPS) is 17.9. The summed E-state index contributed by atoms with van der Waals surface area (Å²) in [5, 5.41) is 0.963. The van der Waals surface area contributed by atoms with Crippen LogP contribution in [-0.4, -0.2) is 45.7 Å². The van der Waals surface area contributed by atoms with E-state index in [1.165, 1.54) is 25.8 Å². The minimum absolute atomic E-state index is 0.596. The Morgan fingerprint density at radius 3 is 2.96 bits per heavy atom. The van der Waals surface area contributed by atoms with Gasteiger partial charge in [-0.25, -0.2) is 9.97 Å². The third-order valence-electron chi connectivity index (χ3n) is 5.34. The van der Waals surface area contributed by atoms with Gasteiger partial charge in [-0.3, -0.25) is 4.90 Å². The average molecular weight is 383 g/mol. The van der Waals surface area contributed by atoms with Gasteiger partial charge in [0.15, 0.2) is 5.82 Å². The number of benzene rings is 1. The molecule has 5 nitrogen and oxygen atoms in total. The van der Waals surface area contributed by atoms with Crippen LogP contribution < -0.4 is 4.74 Å². The number of likely N-dealkylation sites (N-methyl/N-ethyl adjacent to an activating group) is 1. The van der Waals surface area contributed by atoms with Crippen LogP contribution in [0.1, 0.15) is 26.2 Å². The van der Waals surface area contributed by atoms with Gasteiger partial charge in [-0.15, -0.1) is 11.3 Å². The summed E-state index contributed by atoms with van der Waals surface area (Å²) in [5.41, 5.74) is 1.03. The van der Waals surface area contributed by atoms with Gasteiger partial charge in [0.2, 0.25) is 0 Å². The van der Waals surface area contributed by atoms with Crippen LogP contribution in [-0.2, 0) is 6.54 Å². The fourth-order valence-corrected chi connectivity index (χ4v) is 4.87. The second kappa shape index (κ2) is 8.23. The zero-order chi connectivity index (χ0) is 18.6. The average Bonchev–Trinajstić information content (AvgIpc) is 3.37. The smallest absolute Gasteiger partial charge is 0.151 e. The maximum absolute atomic E-state index is 5.49. The molecule has 1 fully saturated rings. The largest absolute Gasteiger partial charge is 0.496 e. The van der Waals surface area contributed by atoms with Crippen LogP contribution in [0.2, 0.25) is 0 Å². The number of imidazole rings is 1. The van der Waals surface area contributed by atoms with Crippen molar-refractivity contribution in [2.75, 3.05) is 20.2 Å². The van der Waals surface area contributed by atoms with E-state index in [0.29, 0.717) is 6.04 Å². The number of para-hydroxylation sites is 1. The van der Waals surface area contributed by atoms with Gasteiger partial charge in [-0.1, -0.05) is 25.5 Å². The van der Waals surface area contributed by atoms with Crippen molar-refractivity contribution in [1.82, 2.24) is 19.4 Å². The van der Waals surface area contributed by atoms with Crippen LogP contribution in [0.25, 0.3) is 21.3 Å². The Bertz CT molecular complexity index is 888. The maximum Gasteiger partial charge on any atom is 0.151 e. The van der Waals surface area contributed by atoms with Crippen LogP contribution in [0, 0.1) is 0 Å². The third kappa shape index (κ3) is 3.77. The first-order chi connectivity index (χ1) is 13.3. The Morgan fingerprint density at radius 2 is 2.11 bits per heavy atom. The molecular weight excluding hydrogens is 356 g/mol. The Balaban J connectivity index is 1.59. The van der Waals surface area contributed by atoms with Gasteiger partial charge >= 0.3 is 0 Å². The second-order valence-corrected chi connectivity index (χ2v) is 7.94. The van der Waals surface area contributed by atoms with Crippen molar-refractivity contribution >= 4 is 11.3 Å². The highest BCUT2D eigenvalue weighted by Crippen LogP contribution is 2.36. The molecule has 27 heavy (non-hydrogen) atoms. The van der Waals surface area contributed by atoms with Crippen LogP contribution in [0.15, 0.2) is 42.9 Å². The van der Waals surface area contributed by atoms with Crippen molar-refractivity contribution < 1.29 is 4.74 Å². The van der Waals surface area contributed by atoms with Crippen LogP contribution in [0.5, 0.6) is 5.75 Å². The first-order valence-electron chi connectivity index (χ1n) is 9.65. The summed E-state index contributed by atoms with van der Waals surface area (Å²) >= 11 is 1.67. The fraction of sp³-hybridized carbons (Fsp3) is 0.429. The molecule has 0 spiro atoms. The summed E-state index contributed by atoms with van der Waals surface area (Å²) in [7, 11) is 1.70. The number of piperidine rings is 1. The highest BCUT2D eigenvalue weighted by molar-refractivity contribution is 7.18. The molecule has 1 unspecified atom stereocenters. The van der Waals surface area contributed by atoms with Crippen molar-refractivity contribution in [2.24, 2.45) is 0 Å². The number of likely N-dealkylation sites (tertiary alicyclic amines) is 1. The van der Waals surface area contributed by atoms with Crippen molar-refractivity contribution in [3.8, 4) is 27.0 Å². The maximum atomic E-state index is 5.49. The number of rotatable bonds is 6. The zero-order valence-corrected chi connectivity index (χ0v) is 16.8. The molecular formula is C21H26N4OS. The molecule has 4 rings (SSSR count). The number of ether oxygens (including phenoxy) is 1. The molecule has 0 N–H and O–H groups in total. The van der Waals surface area contributed by atoms with Gasteiger partial charge in [0.25, 0.3) is 0 Å². The quantitative estimate of drug-likeness (QED) is 0.627. The van der Waals surface area contributed by atoms with E-state index in [4.69, 9.17) is 4.74 Å². The monoisotopic (exact) mass is 382 g/mol. The summed E-state index contributed by atoms with van der Waals surface area (Å²) in [4.78, 5) is 13.0. The van der Waals surface area contributed by atoms with Crippen molar-refractivity contribution in [2.45, 2.75) is 38.8 Å². The van der Waals surface area contributed by atoms with Crippen LogP contribution >= 0.6 is 11.3 Å². The van der Waals surface area contributed by atoms with E-state index in [2.05, 4.69) is 38.6 Å². The minimum Gasteiger partial charge on any atom is -0.496 e. The lowest BCUT2D eigenvalue weighted by molar-refractivity contribution is 0.141. The van der Waals surface area contributed by atoms with E-state index in [-0.39, 0.29) is 0 Å². The summed E-state index contributed by atoms with van der Waals surface area (Å²) in [6.07, 6.45) is 9.84. The van der Waals surface area contributed by atoms with Gasteiger partial charge in [0.05, 0.1) is 17.6 Å². The predicted molar refractivity (Wildman–Crippen MR) is 110 cm³/mol. The molecule has 0 amide bonds. The molecule has 142 valence electrons. The third-order valence-corrected chi connectivity index (χ3v) is 6.37. The van der Waals surface area contributed by atoms with Crippen LogP contribution in [0.4, 0.5) is 0 Å². The standard InChI is InChI=1S/C21H26N4OS/c1-3-24-12-7-6-8-16(24)15-25-13-11-22-20(25)19-14-23-21(27-19)17-9-4-5-10-18(17)26-2/h4-5,9-11,13-14,16H,3,6-8,12,15H2,1-2H3. The number of methoxy groups -OCH3 is 1. The first kappa shape index (κ1) is 18.2. The summed E-state index contributed by atoms with van der Waals surface area (Å²) in [6, 6.07) is 8.61. The SMILES string of the molecule is CCN1CCCCC1Cn1ccnc1-c1cnc(-c2ccccc2OC)s1. The van der Waals surface area contributed by atoms with Gasteiger partial charge in [-0.05, 0) is 38.1 Å². The molecule has 0 radical (unpaired) electrons. The number of nitrogens with zero attached hydrogens (tertiary/aromatic N) is 4. The molecule has 1 aliphatic rings. The molecule has 3 aromatic rings. The highest BCUT2D eigenvalue weighted by Gasteiger charge is 2.23. The van der Waals surface area contributed by atoms with Gasteiger partial charge in [-0.2, -0.15) is 0 Å². The molecule has 1 aromatic carbocycles.